The first kappa shape index (κ1) is 15.4. The number of aromatic nitrogens is 6. The molecule has 0 aliphatic rings. The molecule has 0 spiro atoms. The average Bonchev–Trinajstić information content (AvgIpc) is 2.92. The van der Waals surface area contributed by atoms with Crippen molar-refractivity contribution in [3.8, 4) is 16.9 Å². The van der Waals surface area contributed by atoms with Crippen LogP contribution >= 0.6 is 0 Å². The normalized spacial score (nSPS) is 11.2. The molecule has 1 aromatic carbocycles. The van der Waals surface area contributed by atoms with Crippen LogP contribution in [0.15, 0.2) is 36.7 Å². The Morgan fingerprint density at radius 2 is 1.56 bits per heavy atom. The predicted octanol–water partition coefficient (Wildman–Crippen LogP) is 3.51. The second-order valence-electron chi connectivity index (χ2n) is 6.27. The van der Waals surface area contributed by atoms with Gasteiger partial charge >= 0.3 is 0 Å². The van der Waals surface area contributed by atoms with E-state index in [1.165, 1.54) is 0 Å². The van der Waals surface area contributed by atoms with Gasteiger partial charge < -0.3 is 0 Å². The van der Waals surface area contributed by atoms with E-state index in [4.69, 9.17) is 0 Å². The standard InChI is InChI=1S/C19H18N6/c1-11-5-6-15(17(7-11)25-14(4)8-12(2)24-25)16-10-21-18-19(23-16)20-9-13(3)22-18/h5-10H,1-4H3. The molecule has 3 aromatic heterocycles. The van der Waals surface area contributed by atoms with Crippen LogP contribution in [0.4, 0.5) is 0 Å². The molecule has 0 aliphatic carbocycles. The monoisotopic (exact) mass is 330 g/mol. The highest BCUT2D eigenvalue weighted by Gasteiger charge is 2.13. The van der Waals surface area contributed by atoms with Crippen molar-refractivity contribution in [3.63, 3.8) is 0 Å². The van der Waals surface area contributed by atoms with Crippen molar-refractivity contribution in [1.29, 1.82) is 0 Å². The van der Waals surface area contributed by atoms with Gasteiger partial charge in [0, 0.05) is 11.3 Å². The molecule has 0 amide bonds. The van der Waals surface area contributed by atoms with E-state index in [1.54, 1.807) is 12.4 Å². The Hall–Kier alpha value is -3.15. The van der Waals surface area contributed by atoms with Crippen molar-refractivity contribution in [1.82, 2.24) is 29.7 Å². The van der Waals surface area contributed by atoms with E-state index in [1.807, 2.05) is 25.5 Å². The lowest BCUT2D eigenvalue weighted by atomic mass is 10.1. The second-order valence-corrected chi connectivity index (χ2v) is 6.27. The molecule has 0 radical (unpaired) electrons. The van der Waals surface area contributed by atoms with Crippen molar-refractivity contribution in [2.24, 2.45) is 0 Å². The highest BCUT2D eigenvalue weighted by Crippen LogP contribution is 2.27. The first-order valence-corrected chi connectivity index (χ1v) is 8.12. The van der Waals surface area contributed by atoms with Crippen molar-refractivity contribution in [3.05, 3.63) is 59.3 Å². The fourth-order valence-corrected chi connectivity index (χ4v) is 2.92. The minimum absolute atomic E-state index is 0.544. The Morgan fingerprint density at radius 1 is 0.800 bits per heavy atom. The summed E-state index contributed by atoms with van der Waals surface area (Å²) >= 11 is 0. The van der Waals surface area contributed by atoms with Gasteiger partial charge in [0.1, 0.15) is 0 Å². The summed E-state index contributed by atoms with van der Waals surface area (Å²) in [6, 6.07) is 8.30. The summed E-state index contributed by atoms with van der Waals surface area (Å²) in [6.45, 7) is 8.00. The molecule has 124 valence electrons. The number of benzene rings is 1. The first-order chi connectivity index (χ1) is 12.0. The lowest BCUT2D eigenvalue weighted by Gasteiger charge is -2.12. The number of nitrogens with zero attached hydrogens (tertiary/aromatic N) is 6. The molecular weight excluding hydrogens is 312 g/mol. The Labute approximate surface area is 145 Å². The van der Waals surface area contributed by atoms with Gasteiger partial charge in [-0.25, -0.2) is 24.6 Å². The summed E-state index contributed by atoms with van der Waals surface area (Å²) in [5.41, 5.74) is 7.86. The van der Waals surface area contributed by atoms with E-state index in [0.29, 0.717) is 11.3 Å². The van der Waals surface area contributed by atoms with Crippen LogP contribution < -0.4 is 0 Å². The topological polar surface area (TPSA) is 69.4 Å². The summed E-state index contributed by atoms with van der Waals surface area (Å²) in [7, 11) is 0. The molecule has 0 saturated heterocycles. The molecule has 3 heterocycles. The van der Waals surface area contributed by atoms with Gasteiger partial charge in [-0.05, 0) is 45.4 Å². The van der Waals surface area contributed by atoms with Crippen LogP contribution in [0.5, 0.6) is 0 Å². The second kappa shape index (κ2) is 5.73. The number of aryl methyl sites for hydroxylation is 4. The zero-order valence-corrected chi connectivity index (χ0v) is 14.6. The molecule has 0 unspecified atom stereocenters. The van der Waals surface area contributed by atoms with Gasteiger partial charge in [0.2, 0.25) is 0 Å². The van der Waals surface area contributed by atoms with E-state index >= 15 is 0 Å². The summed E-state index contributed by atoms with van der Waals surface area (Å²) in [6.07, 6.45) is 3.45. The van der Waals surface area contributed by atoms with E-state index in [0.717, 1.165) is 39.6 Å². The van der Waals surface area contributed by atoms with Crippen LogP contribution in [0.1, 0.15) is 22.6 Å². The van der Waals surface area contributed by atoms with Gasteiger partial charge in [-0.15, -0.1) is 0 Å². The Kier molecular flexibility index (Phi) is 3.53. The average molecular weight is 330 g/mol. The van der Waals surface area contributed by atoms with E-state index in [2.05, 4.69) is 56.2 Å². The number of fused-ring (bicyclic) bond motifs is 1. The third-order valence-electron chi connectivity index (χ3n) is 4.06. The molecule has 0 saturated carbocycles. The molecule has 0 bridgehead atoms. The molecule has 4 aromatic rings. The lowest BCUT2D eigenvalue weighted by molar-refractivity contribution is 0.833. The zero-order chi connectivity index (χ0) is 17.6. The van der Waals surface area contributed by atoms with E-state index in [9.17, 15) is 0 Å². The molecule has 6 nitrogen and oxygen atoms in total. The smallest absolute Gasteiger partial charge is 0.198 e. The SMILES string of the molecule is Cc1ccc(-c2cnc3nc(C)cnc3n2)c(-n2nc(C)cc2C)c1. The summed E-state index contributed by atoms with van der Waals surface area (Å²) in [5, 5.41) is 4.62. The maximum absolute atomic E-state index is 4.66. The molecule has 4 rings (SSSR count). The molecule has 0 N–H and O–H groups in total. The Bertz CT molecular complexity index is 1100. The Morgan fingerprint density at radius 3 is 2.32 bits per heavy atom. The van der Waals surface area contributed by atoms with Crippen LogP contribution in [0.3, 0.4) is 0 Å². The third kappa shape index (κ3) is 2.76. The minimum Gasteiger partial charge on any atom is -0.237 e. The third-order valence-corrected chi connectivity index (χ3v) is 4.06. The van der Waals surface area contributed by atoms with Crippen LogP contribution in [0.2, 0.25) is 0 Å². The first-order valence-electron chi connectivity index (χ1n) is 8.12. The van der Waals surface area contributed by atoms with Gasteiger partial charge in [-0.2, -0.15) is 5.10 Å². The molecule has 25 heavy (non-hydrogen) atoms. The van der Waals surface area contributed by atoms with Gasteiger partial charge in [-0.3, -0.25) is 0 Å². The van der Waals surface area contributed by atoms with Gasteiger partial charge in [-0.1, -0.05) is 12.1 Å². The number of hydrogen-bond acceptors (Lipinski definition) is 5. The fourth-order valence-electron chi connectivity index (χ4n) is 2.92. The molecular formula is C19H18N6. The predicted molar refractivity (Wildman–Crippen MR) is 96.6 cm³/mol. The molecule has 6 heteroatoms. The maximum atomic E-state index is 4.66. The molecule has 0 aliphatic heterocycles. The highest BCUT2D eigenvalue weighted by atomic mass is 15.3. The lowest BCUT2D eigenvalue weighted by Crippen LogP contribution is -2.03. The van der Waals surface area contributed by atoms with Crippen LogP contribution in [0, 0.1) is 27.7 Å². The quantitative estimate of drug-likeness (QED) is 0.562. The van der Waals surface area contributed by atoms with Gasteiger partial charge in [0.15, 0.2) is 11.3 Å². The maximum Gasteiger partial charge on any atom is 0.198 e. The van der Waals surface area contributed by atoms with Gasteiger partial charge in [0.05, 0.1) is 35.2 Å². The van der Waals surface area contributed by atoms with Crippen molar-refractivity contribution in [2.75, 3.05) is 0 Å². The fraction of sp³-hybridized carbons (Fsp3) is 0.211. The van der Waals surface area contributed by atoms with Gasteiger partial charge in [0.25, 0.3) is 0 Å². The van der Waals surface area contributed by atoms with Crippen molar-refractivity contribution < 1.29 is 0 Å². The van der Waals surface area contributed by atoms with E-state index < -0.39 is 0 Å². The zero-order valence-electron chi connectivity index (χ0n) is 14.6. The van der Waals surface area contributed by atoms with Crippen LogP contribution in [0.25, 0.3) is 28.2 Å². The summed E-state index contributed by atoms with van der Waals surface area (Å²) in [5.74, 6) is 0. The molecule has 0 fully saturated rings. The number of hydrogen-bond donors (Lipinski definition) is 0. The summed E-state index contributed by atoms with van der Waals surface area (Å²) in [4.78, 5) is 17.8. The largest absolute Gasteiger partial charge is 0.237 e. The van der Waals surface area contributed by atoms with Crippen molar-refractivity contribution >= 4 is 11.3 Å². The van der Waals surface area contributed by atoms with Crippen molar-refractivity contribution in [2.45, 2.75) is 27.7 Å². The molecule has 0 atom stereocenters. The minimum atomic E-state index is 0.544. The highest BCUT2D eigenvalue weighted by molar-refractivity contribution is 5.75. The number of rotatable bonds is 2. The summed E-state index contributed by atoms with van der Waals surface area (Å²) < 4.78 is 1.95. The van der Waals surface area contributed by atoms with E-state index in [-0.39, 0.29) is 0 Å². The van der Waals surface area contributed by atoms with Crippen LogP contribution in [-0.4, -0.2) is 29.7 Å². The Balaban J connectivity index is 1.94. The van der Waals surface area contributed by atoms with Crippen LogP contribution in [-0.2, 0) is 0 Å².